The first-order valence-electron chi connectivity index (χ1n) is 4.13. The van der Waals surface area contributed by atoms with E-state index >= 15 is 0 Å². The van der Waals surface area contributed by atoms with Gasteiger partial charge in [-0.1, -0.05) is 0 Å². The van der Waals surface area contributed by atoms with Gasteiger partial charge in [-0.2, -0.15) is 0 Å². The van der Waals surface area contributed by atoms with Gasteiger partial charge in [0, 0.05) is 11.8 Å². The van der Waals surface area contributed by atoms with Crippen LogP contribution in [0.1, 0.15) is 16.1 Å². The smallest absolute Gasteiger partial charge is 0.491 e. The van der Waals surface area contributed by atoms with Gasteiger partial charge in [-0.25, -0.2) is 4.98 Å². The molecule has 0 unspecified atom stereocenters. The van der Waals surface area contributed by atoms with Gasteiger partial charge < -0.3 is 9.47 Å². The lowest BCUT2D eigenvalue weighted by atomic mass is 10.2. The lowest BCUT2D eigenvalue weighted by molar-refractivity contribution is -0.275. The van der Waals surface area contributed by atoms with E-state index in [1.165, 1.54) is 6.92 Å². The lowest BCUT2D eigenvalue weighted by Crippen LogP contribution is -2.19. The minimum atomic E-state index is -4.85. The van der Waals surface area contributed by atoms with Crippen molar-refractivity contribution in [2.24, 2.45) is 0 Å². The van der Waals surface area contributed by atoms with Gasteiger partial charge in [0.15, 0.2) is 17.8 Å². The summed E-state index contributed by atoms with van der Waals surface area (Å²) in [5.41, 5.74) is -0.118. The van der Waals surface area contributed by atoms with Crippen molar-refractivity contribution in [3.8, 4) is 11.5 Å². The third-order valence-electron chi connectivity index (χ3n) is 1.73. The summed E-state index contributed by atoms with van der Waals surface area (Å²) in [6, 6.07) is 0. The molecule has 0 saturated carbocycles. The maximum atomic E-state index is 12.1. The Hall–Kier alpha value is -1.79. The number of methoxy groups -OCH3 is 1. The normalized spacial score (nSPS) is 11.1. The fraction of sp³-hybridized carbons (Fsp3) is 0.333. The van der Waals surface area contributed by atoms with Crippen LogP contribution in [0.15, 0.2) is 6.20 Å². The van der Waals surface area contributed by atoms with Crippen LogP contribution in [0.4, 0.5) is 13.2 Å². The molecule has 0 atom stereocenters. The molecule has 7 heteroatoms. The van der Waals surface area contributed by atoms with Crippen molar-refractivity contribution in [3.63, 3.8) is 0 Å². The topological polar surface area (TPSA) is 48.4 Å². The Kier molecular flexibility index (Phi) is 3.36. The van der Waals surface area contributed by atoms with Crippen molar-refractivity contribution in [2.75, 3.05) is 7.11 Å². The Balaban J connectivity index is 3.29. The molecule has 16 heavy (non-hydrogen) atoms. The Morgan fingerprint density at radius 3 is 2.44 bits per heavy atom. The van der Waals surface area contributed by atoms with Gasteiger partial charge in [0.25, 0.3) is 0 Å². The third kappa shape index (κ3) is 2.62. The molecule has 0 saturated heterocycles. The Morgan fingerprint density at radius 1 is 1.38 bits per heavy atom. The zero-order valence-corrected chi connectivity index (χ0v) is 8.46. The zero-order valence-electron chi connectivity index (χ0n) is 8.46. The molecule has 0 aliphatic carbocycles. The van der Waals surface area contributed by atoms with E-state index in [1.807, 2.05) is 0 Å². The molecule has 1 aromatic heterocycles. The molecule has 0 aromatic carbocycles. The number of hydrogen-bond acceptors (Lipinski definition) is 4. The molecule has 1 heterocycles. The second-order valence-electron chi connectivity index (χ2n) is 2.85. The highest BCUT2D eigenvalue weighted by atomic mass is 19.4. The largest absolute Gasteiger partial charge is 0.573 e. The van der Waals surface area contributed by atoms with Crippen LogP contribution < -0.4 is 9.47 Å². The number of rotatable bonds is 3. The predicted molar refractivity (Wildman–Crippen MR) is 47.6 cm³/mol. The highest BCUT2D eigenvalue weighted by molar-refractivity contribution is 5.78. The summed E-state index contributed by atoms with van der Waals surface area (Å²) in [6.07, 6.45) is -3.45. The van der Waals surface area contributed by atoms with Crippen LogP contribution in [0.3, 0.4) is 0 Å². The maximum Gasteiger partial charge on any atom is 0.573 e. The van der Waals surface area contributed by atoms with Crippen molar-refractivity contribution in [2.45, 2.75) is 13.3 Å². The summed E-state index contributed by atoms with van der Waals surface area (Å²) in [5, 5.41) is 0. The third-order valence-corrected chi connectivity index (χ3v) is 1.73. The van der Waals surface area contributed by atoms with Crippen LogP contribution in [-0.4, -0.2) is 24.7 Å². The molecule has 88 valence electrons. The second-order valence-corrected chi connectivity index (χ2v) is 2.85. The molecule has 0 fully saturated rings. The molecule has 0 N–H and O–H groups in total. The number of nitrogens with zero attached hydrogens (tertiary/aromatic N) is 1. The molecular formula is C9H8F3NO3. The molecule has 1 aromatic rings. The summed E-state index contributed by atoms with van der Waals surface area (Å²) in [5.74, 6) is -0.876. The number of aryl methyl sites for hydroxylation is 1. The van der Waals surface area contributed by atoms with Crippen LogP contribution in [0, 0.1) is 6.92 Å². The molecule has 0 spiro atoms. The van der Waals surface area contributed by atoms with Crippen LogP contribution in [-0.2, 0) is 0 Å². The summed E-state index contributed by atoms with van der Waals surface area (Å²) in [7, 11) is 1.13. The summed E-state index contributed by atoms with van der Waals surface area (Å²) >= 11 is 0. The average molecular weight is 235 g/mol. The number of halogens is 3. The molecule has 0 aliphatic rings. The van der Waals surface area contributed by atoms with Crippen molar-refractivity contribution >= 4 is 6.29 Å². The van der Waals surface area contributed by atoms with Crippen LogP contribution >= 0.6 is 0 Å². The minimum absolute atomic E-state index is 0.125. The Labute approximate surface area is 89.0 Å². The van der Waals surface area contributed by atoms with Gasteiger partial charge in [0.2, 0.25) is 0 Å². The van der Waals surface area contributed by atoms with E-state index in [-0.39, 0.29) is 17.0 Å². The van der Waals surface area contributed by atoms with Crippen LogP contribution in [0.5, 0.6) is 11.5 Å². The van der Waals surface area contributed by atoms with Gasteiger partial charge in [-0.3, -0.25) is 4.79 Å². The Bertz CT molecular complexity index is 404. The van der Waals surface area contributed by atoms with Gasteiger partial charge >= 0.3 is 6.36 Å². The number of aromatic nitrogens is 1. The van der Waals surface area contributed by atoms with E-state index < -0.39 is 12.1 Å². The summed E-state index contributed by atoms with van der Waals surface area (Å²) < 4.78 is 44.7. The zero-order chi connectivity index (χ0) is 12.3. The fourth-order valence-electron chi connectivity index (χ4n) is 1.10. The first-order valence-corrected chi connectivity index (χ1v) is 4.13. The number of carbonyl (C=O) groups excluding carboxylic acids is 1. The number of alkyl halides is 3. The van der Waals surface area contributed by atoms with Crippen molar-refractivity contribution in [1.82, 2.24) is 4.98 Å². The molecular weight excluding hydrogens is 227 g/mol. The van der Waals surface area contributed by atoms with E-state index in [4.69, 9.17) is 0 Å². The van der Waals surface area contributed by atoms with Gasteiger partial charge in [0.05, 0.1) is 7.11 Å². The highest BCUT2D eigenvalue weighted by Gasteiger charge is 2.34. The van der Waals surface area contributed by atoms with Gasteiger partial charge in [0.1, 0.15) is 5.69 Å². The SMILES string of the molecule is COc1c(C=O)ncc(C)c1OC(F)(F)F. The van der Waals surface area contributed by atoms with Crippen molar-refractivity contribution < 1.29 is 27.4 Å². The molecule has 1 rings (SSSR count). The molecule has 0 radical (unpaired) electrons. The molecule has 0 amide bonds. The Morgan fingerprint density at radius 2 is 2.00 bits per heavy atom. The number of carbonyl (C=O) groups is 1. The van der Waals surface area contributed by atoms with Crippen LogP contribution in [0.25, 0.3) is 0 Å². The lowest BCUT2D eigenvalue weighted by Gasteiger charge is -2.15. The van der Waals surface area contributed by atoms with Gasteiger partial charge in [-0.05, 0) is 6.92 Å². The summed E-state index contributed by atoms with van der Waals surface area (Å²) in [6.45, 7) is 1.37. The quantitative estimate of drug-likeness (QED) is 0.753. The second kappa shape index (κ2) is 4.38. The summed E-state index contributed by atoms with van der Waals surface area (Å²) in [4.78, 5) is 14.2. The van der Waals surface area contributed by atoms with Crippen molar-refractivity contribution in [3.05, 3.63) is 17.5 Å². The number of ether oxygens (including phenoxy) is 2. The number of aldehydes is 1. The van der Waals surface area contributed by atoms with E-state index in [9.17, 15) is 18.0 Å². The fourth-order valence-corrected chi connectivity index (χ4v) is 1.10. The van der Waals surface area contributed by atoms with Gasteiger partial charge in [-0.15, -0.1) is 13.2 Å². The van der Waals surface area contributed by atoms with E-state index in [0.717, 1.165) is 13.3 Å². The first kappa shape index (κ1) is 12.3. The maximum absolute atomic E-state index is 12.1. The standard InChI is InChI=1S/C9H8F3NO3/c1-5-3-13-6(4-14)8(15-2)7(5)16-9(10,11)12/h3-4H,1-2H3. The molecule has 0 bridgehead atoms. The van der Waals surface area contributed by atoms with E-state index in [1.54, 1.807) is 0 Å². The first-order chi connectivity index (χ1) is 7.39. The molecule has 0 aliphatic heterocycles. The average Bonchev–Trinajstić information content (AvgIpc) is 2.19. The number of pyridine rings is 1. The minimum Gasteiger partial charge on any atom is -0.491 e. The van der Waals surface area contributed by atoms with E-state index in [2.05, 4.69) is 14.5 Å². The molecule has 4 nitrogen and oxygen atoms in total. The van der Waals surface area contributed by atoms with E-state index in [0.29, 0.717) is 6.29 Å². The monoisotopic (exact) mass is 235 g/mol. The number of hydrogen-bond donors (Lipinski definition) is 0. The highest BCUT2D eigenvalue weighted by Crippen LogP contribution is 2.36. The van der Waals surface area contributed by atoms with Crippen LogP contribution in [0.2, 0.25) is 0 Å². The predicted octanol–water partition coefficient (Wildman–Crippen LogP) is 2.11. The van der Waals surface area contributed by atoms with Crippen molar-refractivity contribution in [1.29, 1.82) is 0 Å².